The van der Waals surface area contributed by atoms with Crippen molar-refractivity contribution in [3.8, 4) is 6.07 Å². The second-order valence-electron chi connectivity index (χ2n) is 6.02. The fourth-order valence-corrected chi connectivity index (χ4v) is 2.99. The third kappa shape index (κ3) is 4.46. The fraction of sp³-hybridized carbons (Fsp3) is 0.500. The number of nitriles is 1. The van der Waals surface area contributed by atoms with Gasteiger partial charge in [-0.05, 0) is 43.3 Å². The lowest BCUT2D eigenvalue weighted by Crippen LogP contribution is -2.27. The van der Waals surface area contributed by atoms with E-state index in [1.807, 2.05) is 12.1 Å². The van der Waals surface area contributed by atoms with Crippen molar-refractivity contribution >= 4 is 17.1 Å². The number of aromatic nitrogens is 2. The summed E-state index contributed by atoms with van der Waals surface area (Å²) >= 11 is 0. The van der Waals surface area contributed by atoms with Gasteiger partial charge in [-0.1, -0.05) is 33.3 Å². The van der Waals surface area contributed by atoms with Crippen LogP contribution in [0.5, 0.6) is 0 Å². The molecule has 0 amide bonds. The summed E-state index contributed by atoms with van der Waals surface area (Å²) in [5.74, 6) is 1.18. The van der Waals surface area contributed by atoms with E-state index in [2.05, 4.69) is 48.4 Å². The van der Waals surface area contributed by atoms with Crippen molar-refractivity contribution in [2.75, 3.05) is 19.6 Å². The summed E-state index contributed by atoms with van der Waals surface area (Å²) in [6.45, 7) is 10.8. The number of hydrogen-bond acceptors (Lipinski definition) is 3. The topological polar surface area (TPSA) is 44.9 Å². The van der Waals surface area contributed by atoms with Crippen LogP contribution in [0.25, 0.3) is 17.1 Å². The molecule has 0 N–H and O–H groups in total. The Morgan fingerprint density at radius 1 is 1.25 bits per heavy atom. The van der Waals surface area contributed by atoms with Crippen LogP contribution in [0.3, 0.4) is 0 Å². The summed E-state index contributed by atoms with van der Waals surface area (Å²) in [5, 5.41) is 8.69. The van der Waals surface area contributed by atoms with E-state index in [0.29, 0.717) is 0 Å². The lowest BCUT2D eigenvalue weighted by molar-refractivity contribution is 0.290. The molecule has 4 nitrogen and oxygen atoms in total. The predicted octanol–water partition coefficient (Wildman–Crippen LogP) is 4.26. The fourth-order valence-electron chi connectivity index (χ4n) is 2.99. The Morgan fingerprint density at radius 3 is 2.71 bits per heavy atom. The van der Waals surface area contributed by atoms with E-state index in [-0.39, 0.29) is 0 Å². The highest BCUT2D eigenvalue weighted by atomic mass is 15.2. The molecule has 0 spiro atoms. The van der Waals surface area contributed by atoms with Crippen LogP contribution in [-0.2, 0) is 13.0 Å². The highest BCUT2D eigenvalue weighted by Crippen LogP contribution is 2.20. The number of rotatable bonds is 9. The molecule has 0 atom stereocenters. The van der Waals surface area contributed by atoms with Crippen LogP contribution in [0.2, 0.25) is 0 Å². The summed E-state index contributed by atoms with van der Waals surface area (Å²) in [4.78, 5) is 7.32. The molecule has 0 saturated carbocycles. The van der Waals surface area contributed by atoms with Gasteiger partial charge in [-0.2, -0.15) is 5.26 Å². The summed E-state index contributed by atoms with van der Waals surface area (Å²) in [7, 11) is 0. The van der Waals surface area contributed by atoms with Crippen molar-refractivity contribution in [3.63, 3.8) is 0 Å². The molecule has 4 heteroatoms. The van der Waals surface area contributed by atoms with Crippen LogP contribution >= 0.6 is 0 Å². The average molecular weight is 324 g/mol. The maximum absolute atomic E-state index is 8.69. The second kappa shape index (κ2) is 9.24. The first-order valence-corrected chi connectivity index (χ1v) is 9.01. The number of unbranched alkanes of at least 4 members (excludes halogenated alkanes) is 1. The number of nitrogens with zero attached hydrogens (tertiary/aromatic N) is 4. The predicted molar refractivity (Wildman–Crippen MR) is 101 cm³/mol. The minimum absolute atomic E-state index is 0.977. The van der Waals surface area contributed by atoms with E-state index in [1.54, 1.807) is 0 Å². The molecule has 2 aromatic rings. The molecule has 128 valence electrons. The van der Waals surface area contributed by atoms with Gasteiger partial charge in [0.25, 0.3) is 0 Å². The van der Waals surface area contributed by atoms with Gasteiger partial charge in [-0.25, -0.2) is 4.98 Å². The van der Waals surface area contributed by atoms with Crippen LogP contribution in [-0.4, -0.2) is 34.1 Å². The number of hydrogen-bond donors (Lipinski definition) is 0. The Morgan fingerprint density at radius 2 is 2.04 bits per heavy atom. The standard InChI is InChI=1S/C20H28N4/c1-4-7-10-20-22-18-16-17(9-8-13-21)11-12-19(18)24(20)15-14-23(5-2)6-3/h8-9,11-12,16H,4-7,10,14-15H2,1-3H3/b9-8+. The molecule has 0 saturated heterocycles. The van der Waals surface area contributed by atoms with Gasteiger partial charge >= 0.3 is 0 Å². The van der Waals surface area contributed by atoms with Gasteiger partial charge in [0, 0.05) is 25.6 Å². The summed E-state index contributed by atoms with van der Waals surface area (Å²) < 4.78 is 2.38. The van der Waals surface area contributed by atoms with E-state index < -0.39 is 0 Å². The van der Waals surface area contributed by atoms with Gasteiger partial charge in [0.2, 0.25) is 0 Å². The lowest BCUT2D eigenvalue weighted by Gasteiger charge is -2.19. The molecule has 0 bridgehead atoms. The number of aryl methyl sites for hydroxylation is 1. The molecular formula is C20H28N4. The van der Waals surface area contributed by atoms with Gasteiger partial charge < -0.3 is 9.47 Å². The quantitative estimate of drug-likeness (QED) is 0.647. The number of imidazole rings is 1. The van der Waals surface area contributed by atoms with Crippen LogP contribution in [0, 0.1) is 11.3 Å². The molecule has 0 fully saturated rings. The van der Waals surface area contributed by atoms with Crippen LogP contribution in [0.4, 0.5) is 0 Å². The van der Waals surface area contributed by atoms with Crippen molar-refractivity contribution < 1.29 is 0 Å². The van der Waals surface area contributed by atoms with E-state index in [4.69, 9.17) is 10.2 Å². The molecule has 0 radical (unpaired) electrons. The van der Waals surface area contributed by atoms with Gasteiger partial charge in [-0.3, -0.25) is 0 Å². The zero-order chi connectivity index (χ0) is 17.4. The van der Waals surface area contributed by atoms with Crippen molar-refractivity contribution in [2.24, 2.45) is 0 Å². The minimum atomic E-state index is 0.977. The molecule has 0 aliphatic heterocycles. The SMILES string of the molecule is CCCCc1nc2cc(/C=C/C#N)ccc2n1CCN(CC)CC. The van der Waals surface area contributed by atoms with Crippen LogP contribution in [0.15, 0.2) is 24.3 Å². The number of likely N-dealkylation sites (N-methyl/N-ethyl adjacent to an activating group) is 1. The van der Waals surface area contributed by atoms with Crippen molar-refractivity contribution in [1.82, 2.24) is 14.5 Å². The monoisotopic (exact) mass is 324 g/mol. The molecular weight excluding hydrogens is 296 g/mol. The summed E-state index contributed by atoms with van der Waals surface area (Å²) in [5.41, 5.74) is 3.25. The molecule has 0 unspecified atom stereocenters. The largest absolute Gasteiger partial charge is 0.327 e. The first-order valence-electron chi connectivity index (χ1n) is 9.01. The highest BCUT2D eigenvalue weighted by molar-refractivity contribution is 5.79. The maximum atomic E-state index is 8.69. The third-order valence-corrected chi connectivity index (χ3v) is 4.49. The molecule has 2 rings (SSSR count). The van der Waals surface area contributed by atoms with Gasteiger partial charge in [0.1, 0.15) is 5.82 Å². The Labute approximate surface area is 145 Å². The van der Waals surface area contributed by atoms with E-state index in [9.17, 15) is 0 Å². The van der Waals surface area contributed by atoms with E-state index >= 15 is 0 Å². The number of fused-ring (bicyclic) bond motifs is 1. The van der Waals surface area contributed by atoms with E-state index in [1.165, 1.54) is 23.8 Å². The molecule has 1 aromatic heterocycles. The molecule has 24 heavy (non-hydrogen) atoms. The average Bonchev–Trinajstić information content (AvgIpc) is 2.95. The zero-order valence-corrected chi connectivity index (χ0v) is 15.1. The van der Waals surface area contributed by atoms with Gasteiger partial charge in [0.05, 0.1) is 17.1 Å². The third-order valence-electron chi connectivity index (χ3n) is 4.49. The van der Waals surface area contributed by atoms with Gasteiger partial charge in [-0.15, -0.1) is 0 Å². The molecule has 1 heterocycles. The van der Waals surface area contributed by atoms with E-state index in [0.717, 1.165) is 50.1 Å². The lowest BCUT2D eigenvalue weighted by atomic mass is 10.2. The Balaban J connectivity index is 2.33. The zero-order valence-electron chi connectivity index (χ0n) is 15.1. The summed E-state index contributed by atoms with van der Waals surface area (Å²) in [6.07, 6.45) is 6.70. The summed E-state index contributed by atoms with van der Waals surface area (Å²) in [6, 6.07) is 8.32. The minimum Gasteiger partial charge on any atom is -0.327 e. The highest BCUT2D eigenvalue weighted by Gasteiger charge is 2.11. The number of benzene rings is 1. The Hall–Kier alpha value is -2.12. The maximum Gasteiger partial charge on any atom is 0.109 e. The first kappa shape index (κ1) is 18.2. The van der Waals surface area contributed by atoms with Crippen molar-refractivity contribution in [3.05, 3.63) is 35.7 Å². The molecule has 0 aliphatic carbocycles. The first-order chi connectivity index (χ1) is 11.7. The second-order valence-corrected chi connectivity index (χ2v) is 6.02. The van der Waals surface area contributed by atoms with Crippen LogP contribution in [0.1, 0.15) is 45.0 Å². The van der Waals surface area contributed by atoms with Gasteiger partial charge in [0.15, 0.2) is 0 Å². The molecule has 0 aliphatic rings. The van der Waals surface area contributed by atoms with Crippen molar-refractivity contribution in [1.29, 1.82) is 5.26 Å². The van der Waals surface area contributed by atoms with Crippen LogP contribution < -0.4 is 0 Å². The smallest absolute Gasteiger partial charge is 0.109 e. The number of allylic oxidation sites excluding steroid dienone is 1. The Bertz CT molecular complexity index is 717. The van der Waals surface area contributed by atoms with Crippen molar-refractivity contribution in [2.45, 2.75) is 46.6 Å². The normalized spacial score (nSPS) is 11.6. The Kier molecular flexibility index (Phi) is 7.02. The molecule has 1 aromatic carbocycles.